The number of rotatable bonds is 13. The van der Waals surface area contributed by atoms with Crippen LogP contribution < -0.4 is 11.1 Å². The van der Waals surface area contributed by atoms with Crippen molar-refractivity contribution in [3.05, 3.63) is 35.9 Å². The van der Waals surface area contributed by atoms with E-state index in [1.807, 2.05) is 25.1 Å². The fourth-order valence-electron chi connectivity index (χ4n) is 2.97. The van der Waals surface area contributed by atoms with E-state index >= 15 is 0 Å². The topological polar surface area (TPSA) is 81.4 Å². The van der Waals surface area contributed by atoms with Crippen LogP contribution in [0, 0.1) is 5.92 Å². The minimum atomic E-state index is -0.456. The predicted molar refractivity (Wildman–Crippen MR) is 105 cm³/mol. The third kappa shape index (κ3) is 10.1. The Labute approximate surface area is 157 Å². The van der Waals surface area contributed by atoms with Gasteiger partial charge in [-0.2, -0.15) is 0 Å². The van der Waals surface area contributed by atoms with Crippen molar-refractivity contribution in [3.8, 4) is 0 Å². The van der Waals surface area contributed by atoms with Gasteiger partial charge in [-0.25, -0.2) is 4.79 Å². The lowest BCUT2D eigenvalue weighted by atomic mass is 9.92. The lowest BCUT2D eigenvalue weighted by molar-refractivity contribution is -0.118. The number of primary amides is 1. The molecule has 2 amide bonds. The number of hydrogen-bond donors (Lipinski definition) is 2. The molecule has 0 aliphatic rings. The monoisotopic (exact) mass is 362 g/mol. The van der Waals surface area contributed by atoms with E-state index in [4.69, 9.17) is 10.5 Å². The maximum absolute atomic E-state index is 12.0. The number of ether oxygens (including phenoxy) is 1. The number of benzene rings is 1. The summed E-state index contributed by atoms with van der Waals surface area (Å²) in [5.41, 5.74) is 6.65. The zero-order valence-corrected chi connectivity index (χ0v) is 16.2. The van der Waals surface area contributed by atoms with E-state index in [1.54, 1.807) is 0 Å². The summed E-state index contributed by atoms with van der Waals surface area (Å²) in [6.07, 6.45) is 6.79. The zero-order valence-electron chi connectivity index (χ0n) is 16.2. The summed E-state index contributed by atoms with van der Waals surface area (Å²) >= 11 is 0. The number of carbonyl (C=O) groups excluding carboxylic acids is 2. The molecule has 0 aliphatic carbocycles. The molecule has 1 aromatic carbocycles. The SMILES string of the molecule is CCCCCCOC(=O)N[C@H](CC(N)=O)C(C)CCCc1ccccc1. The molecule has 5 nitrogen and oxygen atoms in total. The Morgan fingerprint density at radius 3 is 2.50 bits per heavy atom. The molecule has 0 bridgehead atoms. The lowest BCUT2D eigenvalue weighted by Crippen LogP contribution is -2.42. The number of hydrogen-bond acceptors (Lipinski definition) is 3. The number of alkyl carbamates (subject to hydrolysis) is 1. The van der Waals surface area contributed by atoms with Crippen LogP contribution in [-0.2, 0) is 16.0 Å². The predicted octanol–water partition coefficient (Wildman–Crippen LogP) is 4.20. The Kier molecular flexibility index (Phi) is 11.2. The Hall–Kier alpha value is -2.04. The number of amides is 2. The second kappa shape index (κ2) is 13.2. The van der Waals surface area contributed by atoms with Gasteiger partial charge in [0.2, 0.25) is 5.91 Å². The van der Waals surface area contributed by atoms with Crippen molar-refractivity contribution in [3.63, 3.8) is 0 Å². The average molecular weight is 363 g/mol. The van der Waals surface area contributed by atoms with E-state index in [0.717, 1.165) is 44.9 Å². The first-order valence-corrected chi connectivity index (χ1v) is 9.78. The van der Waals surface area contributed by atoms with Gasteiger partial charge in [-0.1, -0.05) is 63.4 Å². The molecule has 0 aromatic heterocycles. The number of aryl methyl sites for hydroxylation is 1. The summed E-state index contributed by atoms with van der Waals surface area (Å²) in [7, 11) is 0. The molecule has 3 N–H and O–H groups in total. The van der Waals surface area contributed by atoms with Crippen LogP contribution in [0.15, 0.2) is 30.3 Å². The van der Waals surface area contributed by atoms with Crippen molar-refractivity contribution in [1.29, 1.82) is 0 Å². The number of unbranched alkanes of at least 4 members (excludes halogenated alkanes) is 3. The Morgan fingerprint density at radius 1 is 1.12 bits per heavy atom. The molecule has 26 heavy (non-hydrogen) atoms. The number of nitrogens with one attached hydrogen (secondary N) is 1. The molecule has 0 spiro atoms. The second-order valence-electron chi connectivity index (χ2n) is 6.97. The van der Waals surface area contributed by atoms with Crippen LogP contribution in [0.4, 0.5) is 4.79 Å². The van der Waals surface area contributed by atoms with Gasteiger partial charge in [0, 0.05) is 12.5 Å². The second-order valence-corrected chi connectivity index (χ2v) is 6.97. The molecular formula is C21H34N2O3. The Morgan fingerprint density at radius 2 is 1.85 bits per heavy atom. The molecule has 1 aromatic rings. The first-order chi connectivity index (χ1) is 12.5. The summed E-state index contributed by atoms with van der Waals surface area (Å²) in [6.45, 7) is 4.60. The molecule has 1 rings (SSSR count). The van der Waals surface area contributed by atoms with E-state index in [2.05, 4.69) is 24.4 Å². The van der Waals surface area contributed by atoms with E-state index in [1.165, 1.54) is 5.56 Å². The van der Waals surface area contributed by atoms with Crippen molar-refractivity contribution in [1.82, 2.24) is 5.32 Å². The van der Waals surface area contributed by atoms with Crippen molar-refractivity contribution < 1.29 is 14.3 Å². The van der Waals surface area contributed by atoms with Crippen LogP contribution >= 0.6 is 0 Å². The Balaban J connectivity index is 2.38. The van der Waals surface area contributed by atoms with E-state index in [9.17, 15) is 9.59 Å². The van der Waals surface area contributed by atoms with Crippen molar-refractivity contribution in [2.24, 2.45) is 11.7 Å². The molecule has 0 saturated heterocycles. The van der Waals surface area contributed by atoms with Gasteiger partial charge < -0.3 is 15.8 Å². The van der Waals surface area contributed by atoms with Gasteiger partial charge in [0.1, 0.15) is 0 Å². The molecule has 146 valence electrons. The van der Waals surface area contributed by atoms with Gasteiger partial charge in [0.05, 0.1) is 6.61 Å². The quantitative estimate of drug-likeness (QED) is 0.516. The molecule has 1 unspecified atom stereocenters. The highest BCUT2D eigenvalue weighted by Gasteiger charge is 2.22. The van der Waals surface area contributed by atoms with Crippen LogP contribution in [-0.4, -0.2) is 24.6 Å². The van der Waals surface area contributed by atoms with Crippen LogP contribution in [0.1, 0.15) is 64.4 Å². The fourth-order valence-corrected chi connectivity index (χ4v) is 2.97. The highest BCUT2D eigenvalue weighted by molar-refractivity contribution is 5.76. The maximum Gasteiger partial charge on any atom is 0.407 e. The van der Waals surface area contributed by atoms with Gasteiger partial charge in [-0.15, -0.1) is 0 Å². The molecule has 0 heterocycles. The summed E-state index contributed by atoms with van der Waals surface area (Å²) in [5.74, 6) is -0.257. The molecule has 5 heteroatoms. The van der Waals surface area contributed by atoms with Crippen LogP contribution in [0.25, 0.3) is 0 Å². The Bertz CT molecular complexity index is 519. The molecule has 2 atom stereocenters. The summed E-state index contributed by atoms with van der Waals surface area (Å²) in [6, 6.07) is 10.0. The van der Waals surface area contributed by atoms with E-state index in [-0.39, 0.29) is 18.4 Å². The van der Waals surface area contributed by atoms with Crippen LogP contribution in [0.5, 0.6) is 0 Å². The minimum absolute atomic E-state index is 0.136. The largest absolute Gasteiger partial charge is 0.450 e. The highest BCUT2D eigenvalue weighted by atomic mass is 16.5. The van der Waals surface area contributed by atoms with Crippen molar-refractivity contribution in [2.75, 3.05) is 6.61 Å². The first kappa shape index (κ1) is 22.0. The number of nitrogens with two attached hydrogens (primary N) is 1. The van der Waals surface area contributed by atoms with Crippen molar-refractivity contribution >= 4 is 12.0 Å². The summed E-state index contributed by atoms with van der Waals surface area (Å²) in [5, 5.41) is 2.83. The van der Waals surface area contributed by atoms with Gasteiger partial charge in [-0.05, 0) is 37.2 Å². The fraction of sp³-hybridized carbons (Fsp3) is 0.619. The van der Waals surface area contributed by atoms with E-state index in [0.29, 0.717) is 6.61 Å². The van der Waals surface area contributed by atoms with Crippen LogP contribution in [0.2, 0.25) is 0 Å². The summed E-state index contributed by atoms with van der Waals surface area (Å²) in [4.78, 5) is 23.3. The maximum atomic E-state index is 12.0. The molecule has 0 radical (unpaired) electrons. The van der Waals surface area contributed by atoms with Crippen LogP contribution in [0.3, 0.4) is 0 Å². The van der Waals surface area contributed by atoms with Gasteiger partial charge in [-0.3, -0.25) is 4.79 Å². The average Bonchev–Trinajstić information content (AvgIpc) is 2.61. The zero-order chi connectivity index (χ0) is 19.2. The smallest absolute Gasteiger partial charge is 0.407 e. The van der Waals surface area contributed by atoms with E-state index < -0.39 is 12.0 Å². The lowest BCUT2D eigenvalue weighted by Gasteiger charge is -2.24. The highest BCUT2D eigenvalue weighted by Crippen LogP contribution is 2.16. The molecular weight excluding hydrogens is 328 g/mol. The minimum Gasteiger partial charge on any atom is -0.450 e. The normalized spacial score (nSPS) is 13.0. The standard InChI is InChI=1S/C21H34N2O3/c1-3-4-5-9-15-26-21(25)23-19(16-20(22)24)17(2)11-10-14-18-12-7-6-8-13-18/h6-8,12-13,17,19H,3-5,9-11,14-16H2,1-2H3,(H2,22,24)(H,23,25)/t17?,19-/m1/s1. The first-order valence-electron chi connectivity index (χ1n) is 9.78. The summed E-state index contributed by atoms with van der Waals surface area (Å²) < 4.78 is 5.22. The third-order valence-electron chi connectivity index (χ3n) is 4.61. The molecule has 0 aliphatic heterocycles. The number of carbonyl (C=O) groups is 2. The molecule has 0 saturated carbocycles. The third-order valence-corrected chi connectivity index (χ3v) is 4.61. The van der Waals surface area contributed by atoms with Gasteiger partial charge in [0.25, 0.3) is 0 Å². The molecule has 0 fully saturated rings. The van der Waals surface area contributed by atoms with Gasteiger partial charge in [0.15, 0.2) is 0 Å². The van der Waals surface area contributed by atoms with Gasteiger partial charge >= 0.3 is 6.09 Å². The van der Waals surface area contributed by atoms with Crippen molar-refractivity contribution in [2.45, 2.75) is 71.3 Å².